The summed E-state index contributed by atoms with van der Waals surface area (Å²) < 4.78 is 0. The van der Waals surface area contributed by atoms with Gasteiger partial charge in [0.2, 0.25) is 0 Å². The Labute approximate surface area is 110 Å². The molecule has 0 saturated heterocycles. The Morgan fingerprint density at radius 1 is 1.35 bits per heavy atom. The number of aryl methyl sites for hydroxylation is 1. The Kier molecular flexibility index (Phi) is 6.45. The predicted octanol–water partition coefficient (Wildman–Crippen LogP) is 2.90. The van der Waals surface area contributed by atoms with Crippen molar-refractivity contribution in [3.63, 3.8) is 0 Å². The maximum atomic E-state index is 3.36. The maximum Gasteiger partial charge on any atom is 0.0393 e. The van der Waals surface area contributed by atoms with E-state index in [2.05, 4.69) is 55.6 Å². The summed E-state index contributed by atoms with van der Waals surface area (Å²) in [5.74, 6) is 1.18. The largest absolute Gasteiger partial charge is 0.374 e. The van der Waals surface area contributed by atoms with Gasteiger partial charge in [-0.25, -0.2) is 0 Å². The number of hydrogen-bond acceptors (Lipinski definition) is 3. The zero-order chi connectivity index (χ0) is 12.7. The Balaban J connectivity index is 2.68. The van der Waals surface area contributed by atoms with Crippen LogP contribution in [0.3, 0.4) is 0 Å². The molecule has 0 aliphatic carbocycles. The zero-order valence-corrected chi connectivity index (χ0v) is 12.2. The van der Waals surface area contributed by atoms with Crippen LogP contribution in [0.15, 0.2) is 18.2 Å². The van der Waals surface area contributed by atoms with Crippen LogP contribution in [0.4, 0.5) is 5.69 Å². The van der Waals surface area contributed by atoms with Crippen molar-refractivity contribution in [3.8, 4) is 0 Å². The van der Waals surface area contributed by atoms with Crippen LogP contribution in [0.2, 0.25) is 0 Å². The van der Waals surface area contributed by atoms with E-state index in [0.717, 1.165) is 19.6 Å². The number of rotatable bonds is 7. The lowest BCUT2D eigenvalue weighted by atomic mass is 10.1. The molecule has 0 saturated carbocycles. The van der Waals surface area contributed by atoms with Gasteiger partial charge in [-0.3, -0.25) is 0 Å². The molecule has 0 unspecified atom stereocenters. The number of thioether (sulfide) groups is 1. The summed E-state index contributed by atoms with van der Waals surface area (Å²) >= 11 is 1.89. The van der Waals surface area contributed by atoms with Crippen molar-refractivity contribution < 1.29 is 0 Å². The lowest BCUT2D eigenvalue weighted by Crippen LogP contribution is -2.21. The highest BCUT2D eigenvalue weighted by atomic mass is 32.2. The highest BCUT2D eigenvalue weighted by Gasteiger charge is 2.04. The Morgan fingerprint density at radius 2 is 2.12 bits per heavy atom. The van der Waals surface area contributed by atoms with Crippen LogP contribution in [-0.4, -0.2) is 32.1 Å². The van der Waals surface area contributed by atoms with Gasteiger partial charge in [0.05, 0.1) is 0 Å². The first-order valence-corrected chi connectivity index (χ1v) is 7.58. The van der Waals surface area contributed by atoms with E-state index < -0.39 is 0 Å². The minimum atomic E-state index is 0.964. The molecule has 0 bridgehead atoms. The van der Waals surface area contributed by atoms with Gasteiger partial charge < -0.3 is 10.2 Å². The summed E-state index contributed by atoms with van der Waals surface area (Å²) in [6, 6.07) is 6.75. The normalized spacial score (nSPS) is 10.6. The minimum absolute atomic E-state index is 0.964. The van der Waals surface area contributed by atoms with E-state index in [0.29, 0.717) is 0 Å². The molecule has 0 aliphatic heterocycles. The van der Waals surface area contributed by atoms with Gasteiger partial charge in [0.1, 0.15) is 0 Å². The van der Waals surface area contributed by atoms with Crippen molar-refractivity contribution in [3.05, 3.63) is 29.3 Å². The molecule has 17 heavy (non-hydrogen) atoms. The molecule has 0 amide bonds. The molecule has 0 radical (unpaired) electrons. The third-order valence-electron chi connectivity index (χ3n) is 2.88. The average Bonchev–Trinajstić information content (AvgIpc) is 2.33. The van der Waals surface area contributed by atoms with Crippen LogP contribution in [-0.2, 0) is 6.54 Å². The summed E-state index contributed by atoms with van der Waals surface area (Å²) in [7, 11) is 2.17. The molecule has 0 heterocycles. The van der Waals surface area contributed by atoms with Gasteiger partial charge in [0, 0.05) is 31.6 Å². The fourth-order valence-electron chi connectivity index (χ4n) is 1.87. The summed E-state index contributed by atoms with van der Waals surface area (Å²) in [5, 5.41) is 3.36. The Hall–Kier alpha value is -0.670. The molecule has 0 aromatic heterocycles. The molecule has 1 aromatic carbocycles. The molecule has 0 fully saturated rings. The fraction of sp³-hybridized carbons (Fsp3) is 0.571. The van der Waals surface area contributed by atoms with Crippen molar-refractivity contribution in [2.45, 2.75) is 20.4 Å². The lowest BCUT2D eigenvalue weighted by Gasteiger charge is -2.21. The smallest absolute Gasteiger partial charge is 0.0393 e. The van der Waals surface area contributed by atoms with E-state index in [1.54, 1.807) is 0 Å². The first-order valence-electron chi connectivity index (χ1n) is 6.19. The second-order valence-corrected chi connectivity index (χ2v) is 5.30. The van der Waals surface area contributed by atoms with Gasteiger partial charge in [0.25, 0.3) is 0 Å². The fourth-order valence-corrected chi connectivity index (χ4v) is 2.33. The molecule has 1 aromatic rings. The van der Waals surface area contributed by atoms with Crippen LogP contribution in [0.1, 0.15) is 18.1 Å². The Bertz CT molecular complexity index is 339. The van der Waals surface area contributed by atoms with Crippen LogP contribution in [0, 0.1) is 6.92 Å². The van der Waals surface area contributed by atoms with E-state index in [4.69, 9.17) is 0 Å². The number of anilines is 1. The monoisotopic (exact) mass is 252 g/mol. The van der Waals surface area contributed by atoms with Crippen molar-refractivity contribution in [2.24, 2.45) is 0 Å². The van der Waals surface area contributed by atoms with Gasteiger partial charge in [0.15, 0.2) is 0 Å². The second-order valence-electron chi connectivity index (χ2n) is 4.32. The van der Waals surface area contributed by atoms with Gasteiger partial charge in [-0.15, -0.1) is 0 Å². The van der Waals surface area contributed by atoms with Crippen LogP contribution >= 0.6 is 11.8 Å². The van der Waals surface area contributed by atoms with Crippen molar-refractivity contribution in [1.82, 2.24) is 5.32 Å². The molecule has 0 aliphatic rings. The van der Waals surface area contributed by atoms with Crippen molar-refractivity contribution in [1.29, 1.82) is 0 Å². The molecule has 2 nitrogen and oxygen atoms in total. The summed E-state index contributed by atoms with van der Waals surface area (Å²) in [6.07, 6.45) is 2.15. The summed E-state index contributed by atoms with van der Waals surface area (Å²) in [6.45, 7) is 7.42. The van der Waals surface area contributed by atoms with E-state index in [1.165, 1.54) is 22.6 Å². The van der Waals surface area contributed by atoms with E-state index in [1.807, 2.05) is 11.8 Å². The van der Waals surface area contributed by atoms with Crippen molar-refractivity contribution in [2.75, 3.05) is 37.0 Å². The molecule has 0 atom stereocenters. The topological polar surface area (TPSA) is 15.3 Å². The lowest BCUT2D eigenvalue weighted by molar-refractivity contribution is 0.726. The summed E-state index contributed by atoms with van der Waals surface area (Å²) in [4.78, 5) is 2.34. The first-order chi connectivity index (χ1) is 8.19. The minimum Gasteiger partial charge on any atom is -0.374 e. The molecular formula is C14H24N2S. The SMILES string of the molecule is CCNCc1ccc(N(C)CCSC)c(C)c1. The number of nitrogens with zero attached hydrogens (tertiary/aromatic N) is 1. The number of nitrogens with one attached hydrogen (secondary N) is 1. The molecule has 1 N–H and O–H groups in total. The Morgan fingerprint density at radius 3 is 2.71 bits per heavy atom. The van der Waals surface area contributed by atoms with Crippen LogP contribution in [0.5, 0.6) is 0 Å². The molecule has 3 heteroatoms. The third kappa shape index (κ3) is 4.60. The van der Waals surface area contributed by atoms with Gasteiger partial charge in [-0.05, 0) is 36.9 Å². The van der Waals surface area contributed by atoms with Crippen molar-refractivity contribution >= 4 is 17.4 Å². The highest BCUT2D eigenvalue weighted by Crippen LogP contribution is 2.20. The van der Waals surface area contributed by atoms with Crippen LogP contribution < -0.4 is 10.2 Å². The standard InChI is InChI=1S/C14H24N2S/c1-5-15-11-13-6-7-14(12(2)10-13)16(3)8-9-17-4/h6-7,10,15H,5,8-9,11H2,1-4H3. The first kappa shape index (κ1) is 14.4. The van der Waals surface area contributed by atoms with E-state index in [9.17, 15) is 0 Å². The predicted molar refractivity (Wildman–Crippen MR) is 80.2 cm³/mol. The highest BCUT2D eigenvalue weighted by molar-refractivity contribution is 7.98. The van der Waals surface area contributed by atoms with E-state index >= 15 is 0 Å². The van der Waals surface area contributed by atoms with E-state index in [-0.39, 0.29) is 0 Å². The van der Waals surface area contributed by atoms with Gasteiger partial charge >= 0.3 is 0 Å². The zero-order valence-electron chi connectivity index (χ0n) is 11.4. The van der Waals surface area contributed by atoms with Gasteiger partial charge in [-0.2, -0.15) is 11.8 Å². The summed E-state index contributed by atoms with van der Waals surface area (Å²) in [5.41, 5.74) is 4.08. The molecular weight excluding hydrogens is 228 g/mol. The second kappa shape index (κ2) is 7.62. The third-order valence-corrected chi connectivity index (χ3v) is 3.47. The number of benzene rings is 1. The number of hydrogen-bond donors (Lipinski definition) is 1. The van der Waals surface area contributed by atoms with Gasteiger partial charge in [-0.1, -0.05) is 19.1 Å². The molecule has 0 spiro atoms. The van der Waals surface area contributed by atoms with Crippen LogP contribution in [0.25, 0.3) is 0 Å². The average molecular weight is 252 g/mol. The molecule has 96 valence electrons. The quantitative estimate of drug-likeness (QED) is 0.803. The maximum absolute atomic E-state index is 3.36. The molecule has 1 rings (SSSR count).